The summed E-state index contributed by atoms with van der Waals surface area (Å²) >= 11 is 0. The van der Waals surface area contributed by atoms with Crippen molar-refractivity contribution in [3.63, 3.8) is 0 Å². The van der Waals surface area contributed by atoms with Gasteiger partial charge in [0.2, 0.25) is 0 Å². The first kappa shape index (κ1) is 23.7. The van der Waals surface area contributed by atoms with E-state index in [0.717, 1.165) is 30.9 Å². The molecule has 0 spiro atoms. The summed E-state index contributed by atoms with van der Waals surface area (Å²) in [6, 6.07) is 10.9. The molecule has 1 aliphatic heterocycles. The molecule has 3 rings (SSSR count). The second kappa shape index (κ2) is 11.6. The van der Waals surface area contributed by atoms with E-state index < -0.39 is 11.5 Å². The highest BCUT2D eigenvalue weighted by Gasteiger charge is 2.19. The van der Waals surface area contributed by atoms with Crippen LogP contribution in [0.4, 0.5) is 0 Å². The van der Waals surface area contributed by atoms with E-state index >= 15 is 0 Å². The number of nitrogens with zero attached hydrogens (tertiary/aromatic N) is 2. The first-order valence-electron chi connectivity index (χ1n) is 11.5. The highest BCUT2D eigenvalue weighted by molar-refractivity contribution is 5.99. The number of H-pyrrole nitrogens is 1. The van der Waals surface area contributed by atoms with Crippen LogP contribution in [-0.4, -0.2) is 59.8 Å². The SMILES string of the molecule is CCN1CCC(CCCNC(=O)c2c[nH]c(=O)c(C(=O)N(C)Cc3ccccc3)c2)CC1. The Kier molecular flexibility index (Phi) is 8.62. The van der Waals surface area contributed by atoms with Gasteiger partial charge in [-0.3, -0.25) is 14.4 Å². The molecule has 2 aromatic rings. The fourth-order valence-corrected chi connectivity index (χ4v) is 4.19. The van der Waals surface area contributed by atoms with Crippen molar-refractivity contribution in [2.24, 2.45) is 5.92 Å². The van der Waals surface area contributed by atoms with Crippen LogP contribution in [0, 0.1) is 5.92 Å². The number of carbonyl (C=O) groups excluding carboxylic acids is 2. The van der Waals surface area contributed by atoms with E-state index in [9.17, 15) is 14.4 Å². The summed E-state index contributed by atoms with van der Waals surface area (Å²) in [5.74, 6) is 0.0390. The van der Waals surface area contributed by atoms with Gasteiger partial charge in [-0.15, -0.1) is 0 Å². The van der Waals surface area contributed by atoms with Crippen LogP contribution in [0.2, 0.25) is 0 Å². The molecule has 0 saturated carbocycles. The summed E-state index contributed by atoms with van der Waals surface area (Å²) < 4.78 is 0. The second-order valence-electron chi connectivity index (χ2n) is 8.55. The van der Waals surface area contributed by atoms with Crippen molar-refractivity contribution in [2.45, 2.75) is 39.2 Å². The summed E-state index contributed by atoms with van der Waals surface area (Å²) in [5, 5.41) is 2.92. The monoisotopic (exact) mass is 438 g/mol. The maximum Gasteiger partial charge on any atom is 0.260 e. The number of aromatic amines is 1. The molecular weight excluding hydrogens is 404 g/mol. The maximum atomic E-state index is 12.8. The molecule has 2 heterocycles. The largest absolute Gasteiger partial charge is 0.352 e. The summed E-state index contributed by atoms with van der Waals surface area (Å²) in [7, 11) is 1.65. The van der Waals surface area contributed by atoms with E-state index in [-0.39, 0.29) is 17.0 Å². The van der Waals surface area contributed by atoms with Gasteiger partial charge >= 0.3 is 0 Å². The molecular formula is C25H34N4O3. The molecule has 32 heavy (non-hydrogen) atoms. The molecule has 0 unspecified atom stereocenters. The Morgan fingerprint density at radius 1 is 1.19 bits per heavy atom. The van der Waals surface area contributed by atoms with Crippen molar-refractivity contribution in [2.75, 3.05) is 33.2 Å². The van der Waals surface area contributed by atoms with Gasteiger partial charge in [0.25, 0.3) is 17.4 Å². The molecule has 1 aromatic heterocycles. The van der Waals surface area contributed by atoms with E-state index in [1.54, 1.807) is 7.05 Å². The Balaban J connectivity index is 1.51. The minimum atomic E-state index is -0.495. The quantitative estimate of drug-likeness (QED) is 0.590. The van der Waals surface area contributed by atoms with Gasteiger partial charge in [0.15, 0.2) is 0 Å². The number of hydrogen-bond acceptors (Lipinski definition) is 4. The van der Waals surface area contributed by atoms with Gasteiger partial charge in [-0.25, -0.2) is 0 Å². The lowest BCUT2D eigenvalue weighted by Crippen LogP contribution is -2.34. The molecule has 1 aromatic carbocycles. The zero-order valence-electron chi connectivity index (χ0n) is 19.1. The molecule has 0 radical (unpaired) electrons. The van der Waals surface area contributed by atoms with Crippen molar-refractivity contribution >= 4 is 11.8 Å². The van der Waals surface area contributed by atoms with Crippen molar-refractivity contribution in [3.8, 4) is 0 Å². The lowest BCUT2D eigenvalue weighted by molar-refractivity contribution is 0.0783. The average Bonchev–Trinajstić information content (AvgIpc) is 2.82. The number of pyridine rings is 1. The van der Waals surface area contributed by atoms with Gasteiger partial charge in [0.05, 0.1) is 5.56 Å². The number of hydrogen-bond donors (Lipinski definition) is 2. The minimum Gasteiger partial charge on any atom is -0.352 e. The normalized spacial score (nSPS) is 14.8. The van der Waals surface area contributed by atoms with Gasteiger partial charge in [-0.05, 0) is 62.9 Å². The van der Waals surface area contributed by atoms with Crippen LogP contribution in [-0.2, 0) is 6.54 Å². The summed E-state index contributed by atoms with van der Waals surface area (Å²) in [6.45, 7) is 6.62. The third-order valence-corrected chi connectivity index (χ3v) is 6.23. The molecule has 2 amide bonds. The Bertz CT molecular complexity index is 949. The molecule has 2 N–H and O–H groups in total. The summed E-state index contributed by atoms with van der Waals surface area (Å²) in [4.78, 5) is 44.1. The summed E-state index contributed by atoms with van der Waals surface area (Å²) in [5.41, 5.74) is 0.731. The highest BCUT2D eigenvalue weighted by atomic mass is 16.2. The number of carbonyl (C=O) groups is 2. The standard InChI is InChI=1S/C25H34N4O3/c1-3-29-14-11-19(12-15-29)10-7-13-26-23(30)21-16-22(24(31)27-17-21)25(32)28(2)18-20-8-5-4-6-9-20/h4-6,8-9,16-17,19H,3,7,10-15,18H2,1-2H3,(H,26,30)(H,27,31). The molecule has 0 bridgehead atoms. The fraction of sp³-hybridized carbons (Fsp3) is 0.480. The van der Waals surface area contributed by atoms with Crippen LogP contribution in [0.1, 0.15) is 58.9 Å². The topological polar surface area (TPSA) is 85.5 Å². The van der Waals surface area contributed by atoms with Crippen LogP contribution in [0.5, 0.6) is 0 Å². The number of piperidine rings is 1. The van der Waals surface area contributed by atoms with Crippen LogP contribution < -0.4 is 10.9 Å². The van der Waals surface area contributed by atoms with Gasteiger partial charge in [0, 0.05) is 26.3 Å². The van der Waals surface area contributed by atoms with Crippen LogP contribution in [0.3, 0.4) is 0 Å². The van der Waals surface area contributed by atoms with Crippen LogP contribution >= 0.6 is 0 Å². The number of nitrogens with one attached hydrogen (secondary N) is 2. The van der Waals surface area contributed by atoms with Gasteiger partial charge < -0.3 is 20.1 Å². The molecule has 0 aliphatic carbocycles. The van der Waals surface area contributed by atoms with Crippen molar-refractivity contribution in [1.29, 1.82) is 0 Å². The van der Waals surface area contributed by atoms with Gasteiger partial charge in [-0.1, -0.05) is 37.3 Å². The third kappa shape index (κ3) is 6.53. The lowest BCUT2D eigenvalue weighted by Gasteiger charge is -2.31. The van der Waals surface area contributed by atoms with Crippen LogP contribution in [0.15, 0.2) is 47.4 Å². The molecule has 172 valence electrons. The Morgan fingerprint density at radius 3 is 2.59 bits per heavy atom. The Morgan fingerprint density at radius 2 is 1.91 bits per heavy atom. The smallest absolute Gasteiger partial charge is 0.260 e. The van der Waals surface area contributed by atoms with E-state index in [2.05, 4.69) is 22.1 Å². The van der Waals surface area contributed by atoms with Crippen molar-refractivity contribution in [3.05, 3.63) is 69.6 Å². The molecule has 7 nitrogen and oxygen atoms in total. The van der Waals surface area contributed by atoms with Crippen molar-refractivity contribution in [1.82, 2.24) is 20.1 Å². The molecule has 0 atom stereocenters. The number of aromatic nitrogens is 1. The predicted molar refractivity (Wildman–Crippen MR) is 126 cm³/mol. The van der Waals surface area contributed by atoms with Gasteiger partial charge in [0.1, 0.15) is 5.56 Å². The van der Waals surface area contributed by atoms with Gasteiger partial charge in [-0.2, -0.15) is 0 Å². The molecule has 7 heteroatoms. The summed E-state index contributed by atoms with van der Waals surface area (Å²) in [6.07, 6.45) is 5.86. The van der Waals surface area contributed by atoms with E-state index in [1.807, 2.05) is 30.3 Å². The Hall–Kier alpha value is -2.93. The third-order valence-electron chi connectivity index (χ3n) is 6.23. The van der Waals surface area contributed by atoms with Crippen LogP contribution in [0.25, 0.3) is 0 Å². The highest BCUT2D eigenvalue weighted by Crippen LogP contribution is 2.21. The zero-order valence-corrected chi connectivity index (χ0v) is 19.1. The number of likely N-dealkylation sites (tertiary alicyclic amines) is 1. The predicted octanol–water partition coefficient (Wildman–Crippen LogP) is 2.89. The van der Waals surface area contributed by atoms with Crippen molar-refractivity contribution < 1.29 is 9.59 Å². The first-order chi connectivity index (χ1) is 15.5. The lowest BCUT2D eigenvalue weighted by atomic mass is 9.92. The number of benzene rings is 1. The second-order valence-corrected chi connectivity index (χ2v) is 8.55. The van der Waals surface area contributed by atoms with E-state index in [0.29, 0.717) is 13.1 Å². The minimum absolute atomic E-state index is 0.0289. The maximum absolute atomic E-state index is 12.8. The Labute approximate surface area is 189 Å². The molecule has 1 saturated heterocycles. The molecule has 1 aliphatic rings. The van der Waals surface area contributed by atoms with E-state index in [1.165, 1.54) is 43.1 Å². The first-order valence-corrected chi connectivity index (χ1v) is 11.5. The number of amides is 2. The molecule has 1 fully saturated rings. The number of rotatable bonds is 9. The van der Waals surface area contributed by atoms with E-state index in [4.69, 9.17) is 0 Å². The zero-order chi connectivity index (χ0) is 22.9. The average molecular weight is 439 g/mol. The fourth-order valence-electron chi connectivity index (χ4n) is 4.19.